The lowest BCUT2D eigenvalue weighted by Gasteiger charge is -2.51. The van der Waals surface area contributed by atoms with E-state index in [-0.39, 0.29) is 35.5 Å². The number of hydrogen-bond acceptors (Lipinski definition) is 6. The lowest BCUT2D eigenvalue weighted by atomic mass is 9.54. The quantitative estimate of drug-likeness (QED) is 0.139. The number of nitrogens with zero attached hydrogens (tertiary/aromatic N) is 2. The molecule has 0 aliphatic heterocycles. The number of aromatic amines is 4. The van der Waals surface area contributed by atoms with E-state index in [1.807, 2.05) is 0 Å². The molecule has 37 heavy (non-hydrogen) atoms. The number of carbonyl (C=O) groups is 2. The fourth-order valence-electron chi connectivity index (χ4n) is 5.00. The van der Waals surface area contributed by atoms with E-state index in [2.05, 4.69) is 88.3 Å². The van der Waals surface area contributed by atoms with Crippen molar-refractivity contribution in [3.05, 3.63) is 67.0 Å². The van der Waals surface area contributed by atoms with Crippen molar-refractivity contribution in [2.24, 2.45) is 11.8 Å². The topological polar surface area (TPSA) is 199 Å². The zero-order valence-electron chi connectivity index (χ0n) is 19.1. The number of imidazole rings is 2. The molecule has 10 N–H and O–H groups in total. The number of hydrogen-bond donors (Lipinski definition) is 8. The second-order valence-electron chi connectivity index (χ2n) is 8.82. The molecule has 1 aliphatic carbocycles. The van der Waals surface area contributed by atoms with Crippen LogP contribution in [-0.4, -0.2) is 54.8 Å². The van der Waals surface area contributed by atoms with Gasteiger partial charge in [0.05, 0.1) is 21.5 Å². The van der Waals surface area contributed by atoms with E-state index in [4.69, 9.17) is 11.5 Å². The van der Waals surface area contributed by atoms with Gasteiger partial charge in [-0.2, -0.15) is 0 Å². The minimum Gasteiger partial charge on any atom is -0.369 e. The van der Waals surface area contributed by atoms with Gasteiger partial charge in [0.15, 0.2) is 11.9 Å². The highest BCUT2D eigenvalue weighted by atomic mass is 79.9. The standard InChI is InChI=1S/C22H23Br3N10O2/c23-8-1-12(28-3-8)19(36)29-4-9-10(5-30-20(37)13-2-11(24)18(25)33-13)17(15-7-32-22(27)35-15)16(9)14-6-31-21(26)34-14/h1-3,6-7,9-10,16-17,28,33H,4-5H2,(H,29,36)(H,30,37)(H3,26,31,34)(H3,27,32,35)/t9-,10-,16-,17-/m1/s1. The third kappa shape index (κ3) is 5.20. The molecule has 1 fully saturated rings. The first-order chi connectivity index (χ1) is 17.7. The van der Waals surface area contributed by atoms with Crippen molar-refractivity contribution in [3.8, 4) is 0 Å². The lowest BCUT2D eigenvalue weighted by molar-refractivity contribution is 0.0674. The number of nitrogens with two attached hydrogens (primary N) is 2. The zero-order chi connectivity index (χ0) is 26.3. The summed E-state index contributed by atoms with van der Waals surface area (Å²) in [6.45, 7) is 0.713. The summed E-state index contributed by atoms with van der Waals surface area (Å²) in [6.07, 6.45) is 5.10. The molecule has 4 aromatic rings. The van der Waals surface area contributed by atoms with Gasteiger partial charge in [0.1, 0.15) is 11.4 Å². The number of anilines is 2. The molecule has 15 heteroatoms. The number of aromatic nitrogens is 6. The molecule has 0 bridgehead atoms. The molecule has 0 aromatic carbocycles. The summed E-state index contributed by atoms with van der Waals surface area (Å²) >= 11 is 10.1. The molecule has 0 unspecified atom stereocenters. The van der Waals surface area contributed by atoms with Crippen molar-refractivity contribution < 1.29 is 9.59 Å². The fourth-order valence-corrected chi connectivity index (χ4v) is 6.00. The van der Waals surface area contributed by atoms with E-state index in [0.29, 0.717) is 41.0 Å². The highest BCUT2D eigenvalue weighted by Gasteiger charge is 2.53. The number of nitrogen functional groups attached to an aromatic ring is 2. The van der Waals surface area contributed by atoms with Crippen LogP contribution in [0.1, 0.15) is 44.2 Å². The minimum atomic E-state index is -0.248. The highest BCUT2D eigenvalue weighted by Crippen LogP contribution is 2.56. The average Bonchev–Trinajstić information content (AvgIpc) is 3.63. The summed E-state index contributed by atoms with van der Waals surface area (Å²) in [5.41, 5.74) is 14.3. The molecule has 1 saturated carbocycles. The maximum Gasteiger partial charge on any atom is 0.267 e. The predicted molar refractivity (Wildman–Crippen MR) is 148 cm³/mol. The predicted octanol–water partition coefficient (Wildman–Crippen LogP) is 3.21. The summed E-state index contributed by atoms with van der Waals surface area (Å²) in [7, 11) is 0. The van der Waals surface area contributed by atoms with E-state index in [1.54, 1.807) is 30.7 Å². The highest BCUT2D eigenvalue weighted by molar-refractivity contribution is 9.13. The van der Waals surface area contributed by atoms with E-state index >= 15 is 0 Å². The Bertz CT molecular complexity index is 1420. The van der Waals surface area contributed by atoms with E-state index in [1.165, 1.54) is 0 Å². The molecular weight excluding hydrogens is 676 g/mol. The first-order valence-corrected chi connectivity index (χ1v) is 13.6. The molecule has 0 radical (unpaired) electrons. The van der Waals surface area contributed by atoms with Gasteiger partial charge < -0.3 is 42.0 Å². The monoisotopic (exact) mass is 696 g/mol. The lowest BCUT2D eigenvalue weighted by Crippen LogP contribution is -2.53. The maximum atomic E-state index is 12.9. The maximum absolute atomic E-state index is 12.9. The molecule has 2 amide bonds. The Labute approximate surface area is 235 Å². The van der Waals surface area contributed by atoms with Crippen LogP contribution in [0.5, 0.6) is 0 Å². The van der Waals surface area contributed by atoms with Crippen molar-refractivity contribution in [2.75, 3.05) is 24.6 Å². The Kier molecular flexibility index (Phi) is 7.18. The molecule has 4 atom stereocenters. The summed E-state index contributed by atoms with van der Waals surface area (Å²) < 4.78 is 2.22. The minimum absolute atomic E-state index is 0.0564. The molecule has 4 aromatic heterocycles. The Morgan fingerprint density at radius 2 is 1.38 bits per heavy atom. The van der Waals surface area contributed by atoms with Crippen LogP contribution in [0.4, 0.5) is 11.9 Å². The molecule has 0 spiro atoms. The van der Waals surface area contributed by atoms with Gasteiger partial charge in [-0.05, 0) is 71.8 Å². The van der Waals surface area contributed by atoms with Crippen LogP contribution in [0.3, 0.4) is 0 Å². The molecule has 5 rings (SSSR count). The van der Waals surface area contributed by atoms with E-state index in [9.17, 15) is 9.59 Å². The third-order valence-corrected chi connectivity index (χ3v) is 8.91. The van der Waals surface area contributed by atoms with Crippen LogP contribution in [0, 0.1) is 11.8 Å². The normalized spacial score (nSPS) is 20.9. The van der Waals surface area contributed by atoms with E-state index in [0.717, 1.165) is 20.3 Å². The number of nitrogens with one attached hydrogen (secondary N) is 6. The van der Waals surface area contributed by atoms with Gasteiger partial charge in [0, 0.05) is 47.0 Å². The van der Waals surface area contributed by atoms with Crippen LogP contribution in [0.2, 0.25) is 0 Å². The van der Waals surface area contributed by atoms with Gasteiger partial charge >= 0.3 is 0 Å². The summed E-state index contributed by atoms with van der Waals surface area (Å²) in [5.74, 6) is -0.166. The largest absolute Gasteiger partial charge is 0.369 e. The second kappa shape index (κ2) is 10.4. The molecule has 0 saturated heterocycles. The van der Waals surface area contributed by atoms with Crippen LogP contribution in [0.15, 0.2) is 44.3 Å². The zero-order valence-corrected chi connectivity index (χ0v) is 23.9. The number of H-pyrrole nitrogens is 4. The van der Waals surface area contributed by atoms with Crippen molar-refractivity contribution >= 4 is 71.5 Å². The fraction of sp³-hybridized carbons (Fsp3) is 0.273. The Hall–Kier alpha value is -3.04. The van der Waals surface area contributed by atoms with Crippen molar-refractivity contribution in [3.63, 3.8) is 0 Å². The molecular formula is C22H23Br3N10O2. The van der Waals surface area contributed by atoms with Crippen molar-refractivity contribution in [2.45, 2.75) is 11.8 Å². The molecule has 12 nitrogen and oxygen atoms in total. The van der Waals surface area contributed by atoms with E-state index < -0.39 is 0 Å². The molecule has 4 heterocycles. The Morgan fingerprint density at radius 3 is 1.78 bits per heavy atom. The second-order valence-corrected chi connectivity index (χ2v) is 11.4. The Balaban J connectivity index is 1.40. The third-order valence-electron chi connectivity index (χ3n) is 6.67. The summed E-state index contributed by atoms with van der Waals surface area (Å²) in [6, 6.07) is 3.42. The van der Waals surface area contributed by atoms with Gasteiger partial charge in [-0.25, -0.2) is 9.97 Å². The van der Waals surface area contributed by atoms with Gasteiger partial charge in [0.25, 0.3) is 11.8 Å². The van der Waals surface area contributed by atoms with Crippen molar-refractivity contribution in [1.82, 2.24) is 40.5 Å². The average molecular weight is 699 g/mol. The summed E-state index contributed by atoms with van der Waals surface area (Å²) in [4.78, 5) is 46.2. The number of amides is 2. The number of carbonyl (C=O) groups excluding carboxylic acids is 2. The van der Waals surface area contributed by atoms with Crippen LogP contribution < -0.4 is 22.1 Å². The van der Waals surface area contributed by atoms with Gasteiger partial charge in [-0.15, -0.1) is 0 Å². The van der Waals surface area contributed by atoms with Crippen LogP contribution in [0.25, 0.3) is 0 Å². The number of halogens is 3. The summed E-state index contributed by atoms with van der Waals surface area (Å²) in [5, 5.41) is 6.04. The van der Waals surface area contributed by atoms with Gasteiger partial charge in [-0.3, -0.25) is 9.59 Å². The smallest absolute Gasteiger partial charge is 0.267 e. The molecule has 1 aliphatic rings. The van der Waals surface area contributed by atoms with Crippen LogP contribution >= 0.6 is 47.8 Å². The first-order valence-electron chi connectivity index (χ1n) is 11.3. The van der Waals surface area contributed by atoms with Gasteiger partial charge in [0.2, 0.25) is 0 Å². The Morgan fingerprint density at radius 1 is 0.838 bits per heavy atom. The van der Waals surface area contributed by atoms with Gasteiger partial charge in [-0.1, -0.05) is 0 Å². The molecule has 194 valence electrons. The first kappa shape index (κ1) is 25.6. The SMILES string of the molecule is Nc1ncc([C@H]2[C@H](CNC(=O)c3cc(Br)c[nH]3)[C@@H](CNC(=O)c3cc(Br)c(Br)[nH]3)[C@@H]2c2cnc(N)[nH]2)[nH]1. The number of rotatable bonds is 8. The van der Waals surface area contributed by atoms with Crippen LogP contribution in [-0.2, 0) is 0 Å². The van der Waals surface area contributed by atoms with Crippen molar-refractivity contribution in [1.29, 1.82) is 0 Å².